The molecule has 0 unspecified atom stereocenters. The van der Waals surface area contributed by atoms with E-state index in [1.165, 1.54) is 13.2 Å². The van der Waals surface area contributed by atoms with E-state index < -0.39 is 5.97 Å². The van der Waals surface area contributed by atoms with E-state index in [2.05, 4.69) is 20.7 Å². The molecule has 0 aliphatic rings. The highest BCUT2D eigenvalue weighted by atomic mass is 79.9. The zero-order chi connectivity index (χ0) is 10.7. The molecule has 0 radical (unpaired) electrons. The van der Waals surface area contributed by atoms with Gasteiger partial charge in [-0.05, 0) is 33.6 Å². The Balaban J connectivity index is 3.27. The summed E-state index contributed by atoms with van der Waals surface area (Å²) in [6.07, 6.45) is 0. The maximum absolute atomic E-state index is 11.3. The normalized spacial score (nSPS) is 10.0. The predicted molar refractivity (Wildman–Crippen MR) is 60.0 cm³/mol. The third kappa shape index (κ3) is 2.41. The summed E-state index contributed by atoms with van der Waals surface area (Å²) in [5.41, 5.74) is 1.09. The molecule has 0 aliphatic carbocycles. The van der Waals surface area contributed by atoms with Crippen LogP contribution in [0.25, 0.3) is 0 Å². The smallest absolute Gasteiger partial charge is 0.338 e. The molecule has 0 heterocycles. The molecule has 1 rings (SSSR count). The van der Waals surface area contributed by atoms with Crippen molar-refractivity contribution >= 4 is 45.1 Å². The highest BCUT2D eigenvalue weighted by molar-refractivity contribution is 9.10. The van der Waals surface area contributed by atoms with Gasteiger partial charge in [-0.15, -0.1) is 11.6 Å². The first-order valence-electron chi connectivity index (χ1n) is 3.72. The summed E-state index contributed by atoms with van der Waals surface area (Å²) in [5, 5.41) is 0.458. The number of ether oxygens (including phenoxy) is 1. The first kappa shape index (κ1) is 11.8. The highest BCUT2D eigenvalue weighted by Crippen LogP contribution is 2.27. The van der Waals surface area contributed by atoms with Gasteiger partial charge < -0.3 is 4.74 Å². The molecule has 5 heteroatoms. The number of methoxy groups -OCH3 is 1. The lowest BCUT2D eigenvalue weighted by Gasteiger charge is -2.06. The molecule has 0 bridgehead atoms. The fraction of sp³-hybridized carbons (Fsp3) is 0.222. The molecule has 2 nitrogen and oxygen atoms in total. The van der Waals surface area contributed by atoms with Crippen LogP contribution in [0, 0.1) is 0 Å². The minimum Gasteiger partial charge on any atom is -0.465 e. The molecular formula is C9H7BrCl2O2. The van der Waals surface area contributed by atoms with Gasteiger partial charge in [0.05, 0.1) is 17.7 Å². The van der Waals surface area contributed by atoms with Gasteiger partial charge in [-0.1, -0.05) is 11.6 Å². The summed E-state index contributed by atoms with van der Waals surface area (Å²) in [6, 6.07) is 3.25. The SMILES string of the molecule is COC(=O)c1cc(Cl)c(Br)cc1CCl. The fourth-order valence-corrected chi connectivity index (χ4v) is 1.77. The Hall–Kier alpha value is -0.250. The van der Waals surface area contributed by atoms with Gasteiger partial charge in [0.15, 0.2) is 0 Å². The average molecular weight is 298 g/mol. The summed E-state index contributed by atoms with van der Waals surface area (Å²) < 4.78 is 5.31. The van der Waals surface area contributed by atoms with Gasteiger partial charge in [-0.25, -0.2) is 4.79 Å². The average Bonchev–Trinajstić information content (AvgIpc) is 2.20. The molecule has 1 aromatic carbocycles. The van der Waals surface area contributed by atoms with E-state index >= 15 is 0 Å². The Morgan fingerprint density at radius 3 is 2.71 bits per heavy atom. The van der Waals surface area contributed by atoms with E-state index in [1.54, 1.807) is 6.07 Å². The summed E-state index contributed by atoms with van der Waals surface area (Å²) in [5.74, 6) is -0.199. The molecule has 0 N–H and O–H groups in total. The van der Waals surface area contributed by atoms with Crippen molar-refractivity contribution in [1.29, 1.82) is 0 Å². The highest BCUT2D eigenvalue weighted by Gasteiger charge is 2.13. The van der Waals surface area contributed by atoms with Crippen LogP contribution in [-0.4, -0.2) is 13.1 Å². The van der Waals surface area contributed by atoms with Gasteiger partial charge in [0.25, 0.3) is 0 Å². The fourth-order valence-electron chi connectivity index (χ4n) is 0.999. The van der Waals surface area contributed by atoms with E-state index in [-0.39, 0.29) is 5.88 Å². The first-order chi connectivity index (χ1) is 6.60. The van der Waals surface area contributed by atoms with Crippen LogP contribution in [0.3, 0.4) is 0 Å². The summed E-state index contributed by atoms with van der Waals surface area (Å²) in [6.45, 7) is 0. The largest absolute Gasteiger partial charge is 0.465 e. The van der Waals surface area contributed by atoms with Crippen molar-refractivity contribution in [2.75, 3.05) is 7.11 Å². The lowest BCUT2D eigenvalue weighted by Crippen LogP contribution is -2.05. The van der Waals surface area contributed by atoms with E-state index in [0.717, 1.165) is 0 Å². The molecule has 0 aromatic heterocycles. The molecule has 0 atom stereocenters. The van der Waals surface area contributed by atoms with Crippen LogP contribution >= 0.6 is 39.1 Å². The van der Waals surface area contributed by atoms with Crippen LogP contribution in [0.5, 0.6) is 0 Å². The maximum Gasteiger partial charge on any atom is 0.338 e. The number of rotatable bonds is 2. The van der Waals surface area contributed by atoms with Gasteiger partial charge in [-0.3, -0.25) is 0 Å². The summed E-state index contributed by atoms with van der Waals surface area (Å²) in [7, 11) is 1.32. The van der Waals surface area contributed by atoms with Crippen molar-refractivity contribution in [2.24, 2.45) is 0 Å². The van der Waals surface area contributed by atoms with Crippen LogP contribution < -0.4 is 0 Å². The molecule has 0 spiro atoms. The van der Waals surface area contributed by atoms with Crippen LogP contribution in [-0.2, 0) is 10.6 Å². The molecular weight excluding hydrogens is 291 g/mol. The lowest BCUT2D eigenvalue weighted by atomic mass is 10.1. The minimum atomic E-state index is -0.435. The van der Waals surface area contributed by atoms with Crippen molar-refractivity contribution in [2.45, 2.75) is 5.88 Å². The van der Waals surface area contributed by atoms with Crippen LogP contribution in [0.4, 0.5) is 0 Å². The number of alkyl halides is 1. The van der Waals surface area contributed by atoms with Crippen molar-refractivity contribution in [3.63, 3.8) is 0 Å². The quantitative estimate of drug-likeness (QED) is 0.615. The van der Waals surface area contributed by atoms with Gasteiger partial charge in [0, 0.05) is 10.4 Å². The molecule has 0 saturated heterocycles. The van der Waals surface area contributed by atoms with E-state index in [1.807, 2.05) is 0 Å². The van der Waals surface area contributed by atoms with Crippen molar-refractivity contribution in [3.05, 3.63) is 32.8 Å². The Labute approximate surface area is 100 Å². The van der Waals surface area contributed by atoms with E-state index in [4.69, 9.17) is 23.2 Å². The first-order valence-corrected chi connectivity index (χ1v) is 5.43. The second-order valence-corrected chi connectivity index (χ2v) is 4.08. The number of carbonyl (C=O) groups excluding carboxylic acids is 1. The number of hydrogen-bond acceptors (Lipinski definition) is 2. The second-order valence-electron chi connectivity index (χ2n) is 2.55. The van der Waals surface area contributed by atoms with E-state index in [0.29, 0.717) is 20.6 Å². The number of halogens is 3. The van der Waals surface area contributed by atoms with Crippen LogP contribution in [0.2, 0.25) is 5.02 Å². The third-order valence-electron chi connectivity index (χ3n) is 1.70. The zero-order valence-corrected chi connectivity index (χ0v) is 10.4. The summed E-state index contributed by atoms with van der Waals surface area (Å²) in [4.78, 5) is 11.3. The molecule has 76 valence electrons. The monoisotopic (exact) mass is 296 g/mol. The molecule has 0 fully saturated rings. The lowest BCUT2D eigenvalue weighted by molar-refractivity contribution is 0.0600. The van der Waals surface area contributed by atoms with Crippen molar-refractivity contribution in [1.82, 2.24) is 0 Å². The molecule has 14 heavy (non-hydrogen) atoms. The number of hydrogen-bond donors (Lipinski definition) is 0. The third-order valence-corrected chi connectivity index (χ3v) is 3.18. The van der Waals surface area contributed by atoms with Crippen LogP contribution in [0.15, 0.2) is 16.6 Å². The van der Waals surface area contributed by atoms with Gasteiger partial charge in [-0.2, -0.15) is 0 Å². The Bertz CT molecular complexity index is 366. The minimum absolute atomic E-state index is 0.236. The van der Waals surface area contributed by atoms with Crippen LogP contribution in [0.1, 0.15) is 15.9 Å². The second kappa shape index (κ2) is 5.01. The number of esters is 1. The standard InChI is InChI=1S/C9H7BrCl2O2/c1-14-9(13)6-3-8(12)7(10)2-5(6)4-11/h2-3H,4H2,1H3. The Morgan fingerprint density at radius 2 is 2.21 bits per heavy atom. The van der Waals surface area contributed by atoms with Gasteiger partial charge in [0.1, 0.15) is 0 Å². The van der Waals surface area contributed by atoms with Crippen molar-refractivity contribution in [3.8, 4) is 0 Å². The number of benzene rings is 1. The molecule has 0 amide bonds. The number of carbonyl (C=O) groups is 1. The molecule has 0 aliphatic heterocycles. The predicted octanol–water partition coefficient (Wildman–Crippen LogP) is 3.63. The van der Waals surface area contributed by atoms with Gasteiger partial charge in [0.2, 0.25) is 0 Å². The topological polar surface area (TPSA) is 26.3 Å². The molecule has 0 saturated carbocycles. The Kier molecular flexibility index (Phi) is 4.23. The van der Waals surface area contributed by atoms with Gasteiger partial charge >= 0.3 is 5.97 Å². The Morgan fingerprint density at radius 1 is 1.57 bits per heavy atom. The summed E-state index contributed by atoms with van der Waals surface area (Å²) >= 11 is 14.8. The zero-order valence-electron chi connectivity index (χ0n) is 7.31. The molecule has 1 aromatic rings. The van der Waals surface area contributed by atoms with Crippen molar-refractivity contribution < 1.29 is 9.53 Å². The van der Waals surface area contributed by atoms with E-state index in [9.17, 15) is 4.79 Å². The maximum atomic E-state index is 11.3.